The number of aryl methyl sites for hydroxylation is 1. The van der Waals surface area contributed by atoms with Crippen LogP contribution in [0.4, 0.5) is 11.5 Å². The molecule has 0 spiro atoms. The predicted molar refractivity (Wildman–Crippen MR) is 89.0 cm³/mol. The molecule has 0 aliphatic carbocycles. The maximum absolute atomic E-state index is 12.6. The Morgan fingerprint density at radius 2 is 1.82 bits per heavy atom. The van der Waals surface area contributed by atoms with E-state index in [2.05, 4.69) is 17.0 Å². The molecule has 5 heteroatoms. The van der Waals surface area contributed by atoms with Crippen LogP contribution < -0.4 is 4.90 Å². The highest BCUT2D eigenvalue weighted by Crippen LogP contribution is 2.36. The predicted octanol–water partition coefficient (Wildman–Crippen LogP) is 3.46. The third-order valence-corrected chi connectivity index (χ3v) is 5.45. The van der Waals surface area contributed by atoms with Crippen LogP contribution in [0.25, 0.3) is 0 Å². The molecule has 1 fully saturated rings. The second-order valence-electron chi connectivity index (χ2n) is 5.86. The molecule has 1 aromatic heterocycles. The van der Waals surface area contributed by atoms with E-state index in [-0.39, 0.29) is 5.91 Å². The van der Waals surface area contributed by atoms with Crippen molar-refractivity contribution in [1.29, 1.82) is 0 Å². The largest absolute Gasteiger partial charge is 0.337 e. The number of carbonyl (C=O) groups is 1. The number of benzene rings is 1. The fourth-order valence-corrected chi connectivity index (χ4v) is 4.30. The number of fused-ring (bicyclic) bond motifs is 1. The number of thiazole rings is 1. The minimum absolute atomic E-state index is 0.116. The zero-order valence-electron chi connectivity index (χ0n) is 12.5. The summed E-state index contributed by atoms with van der Waals surface area (Å²) in [6.45, 7) is 2.73. The normalized spacial score (nSPS) is 17.6. The van der Waals surface area contributed by atoms with Gasteiger partial charge in [-0.3, -0.25) is 4.79 Å². The first-order valence-electron chi connectivity index (χ1n) is 7.94. The van der Waals surface area contributed by atoms with Crippen LogP contribution in [0.5, 0.6) is 0 Å². The van der Waals surface area contributed by atoms with Crippen LogP contribution in [0, 0.1) is 0 Å². The number of nitrogens with zero attached hydrogens (tertiary/aromatic N) is 3. The van der Waals surface area contributed by atoms with Gasteiger partial charge in [-0.2, -0.15) is 0 Å². The number of amides is 1. The first-order chi connectivity index (χ1) is 10.8. The van der Waals surface area contributed by atoms with Crippen LogP contribution in [0.15, 0.2) is 30.3 Å². The monoisotopic (exact) mass is 313 g/mol. The van der Waals surface area contributed by atoms with Gasteiger partial charge in [0.25, 0.3) is 5.91 Å². The number of para-hydroxylation sites is 1. The highest BCUT2D eigenvalue weighted by atomic mass is 32.1. The van der Waals surface area contributed by atoms with E-state index in [0.717, 1.165) is 56.8 Å². The number of anilines is 2. The van der Waals surface area contributed by atoms with Gasteiger partial charge in [-0.15, -0.1) is 11.3 Å². The fourth-order valence-electron chi connectivity index (χ4n) is 3.23. The van der Waals surface area contributed by atoms with E-state index in [1.54, 1.807) is 11.3 Å². The standard InChI is InChI=1S/C17H19N3OS/c21-17(19-10-4-5-11-19)16-18-15-14(22-16)9-6-12-20(15)13-7-2-1-3-8-13/h1-3,7-8H,4-6,9-12H2. The van der Waals surface area contributed by atoms with E-state index in [4.69, 9.17) is 4.98 Å². The van der Waals surface area contributed by atoms with Crippen LogP contribution in [-0.2, 0) is 6.42 Å². The van der Waals surface area contributed by atoms with Crippen LogP contribution >= 0.6 is 11.3 Å². The molecule has 0 bridgehead atoms. The molecule has 2 aliphatic heterocycles. The van der Waals surface area contributed by atoms with Gasteiger partial charge in [0.05, 0.1) is 0 Å². The van der Waals surface area contributed by atoms with Crippen LogP contribution in [-0.4, -0.2) is 35.4 Å². The summed E-state index contributed by atoms with van der Waals surface area (Å²) >= 11 is 1.58. The zero-order chi connectivity index (χ0) is 14.9. The lowest BCUT2D eigenvalue weighted by molar-refractivity contribution is 0.0792. The van der Waals surface area contributed by atoms with Gasteiger partial charge < -0.3 is 9.80 Å². The molecule has 0 radical (unpaired) electrons. The fraction of sp³-hybridized carbons (Fsp3) is 0.412. The summed E-state index contributed by atoms with van der Waals surface area (Å²) in [6.07, 6.45) is 4.38. The van der Waals surface area contributed by atoms with Gasteiger partial charge in [-0.25, -0.2) is 4.98 Å². The van der Waals surface area contributed by atoms with E-state index < -0.39 is 0 Å². The Morgan fingerprint density at radius 1 is 1.05 bits per heavy atom. The zero-order valence-corrected chi connectivity index (χ0v) is 13.3. The quantitative estimate of drug-likeness (QED) is 0.852. The molecule has 1 aromatic carbocycles. The SMILES string of the molecule is O=C(c1nc2c(s1)CCCN2c1ccccc1)N1CCCC1. The number of carbonyl (C=O) groups excluding carboxylic acids is 1. The first-order valence-corrected chi connectivity index (χ1v) is 8.76. The molecule has 1 saturated heterocycles. The molecule has 1 amide bonds. The molecule has 3 heterocycles. The third kappa shape index (κ3) is 2.39. The van der Waals surface area contributed by atoms with E-state index >= 15 is 0 Å². The lowest BCUT2D eigenvalue weighted by Crippen LogP contribution is -2.27. The minimum Gasteiger partial charge on any atom is -0.337 e. The maximum Gasteiger partial charge on any atom is 0.282 e. The van der Waals surface area contributed by atoms with Crippen LogP contribution in [0.2, 0.25) is 0 Å². The smallest absolute Gasteiger partial charge is 0.282 e. The number of hydrogen-bond acceptors (Lipinski definition) is 4. The number of likely N-dealkylation sites (tertiary alicyclic amines) is 1. The maximum atomic E-state index is 12.6. The summed E-state index contributed by atoms with van der Waals surface area (Å²) in [6, 6.07) is 10.3. The molecular formula is C17H19N3OS. The summed E-state index contributed by atoms with van der Waals surface area (Å²) in [5, 5.41) is 0.662. The summed E-state index contributed by atoms with van der Waals surface area (Å²) in [4.78, 5) is 22.7. The lowest BCUT2D eigenvalue weighted by Gasteiger charge is -2.27. The van der Waals surface area contributed by atoms with Crippen molar-refractivity contribution in [3.63, 3.8) is 0 Å². The van der Waals surface area contributed by atoms with Crippen molar-refractivity contribution in [2.75, 3.05) is 24.5 Å². The molecule has 2 aromatic rings. The molecule has 0 atom stereocenters. The van der Waals surface area contributed by atoms with Gasteiger partial charge in [0.1, 0.15) is 5.82 Å². The second-order valence-corrected chi connectivity index (χ2v) is 6.94. The van der Waals surface area contributed by atoms with Crippen molar-refractivity contribution < 1.29 is 4.79 Å². The van der Waals surface area contributed by atoms with Crippen molar-refractivity contribution in [3.05, 3.63) is 40.2 Å². The molecule has 2 aliphatic rings. The van der Waals surface area contributed by atoms with E-state index in [9.17, 15) is 4.79 Å². The van der Waals surface area contributed by atoms with Gasteiger partial charge in [-0.1, -0.05) is 18.2 Å². The number of hydrogen-bond donors (Lipinski definition) is 0. The van der Waals surface area contributed by atoms with E-state index in [0.29, 0.717) is 5.01 Å². The molecule has 114 valence electrons. The summed E-state index contributed by atoms with van der Waals surface area (Å²) < 4.78 is 0. The summed E-state index contributed by atoms with van der Waals surface area (Å²) in [5.74, 6) is 1.11. The van der Waals surface area contributed by atoms with E-state index in [1.807, 2.05) is 23.1 Å². The van der Waals surface area contributed by atoms with Crippen molar-refractivity contribution in [1.82, 2.24) is 9.88 Å². The highest BCUT2D eigenvalue weighted by Gasteiger charge is 2.28. The summed E-state index contributed by atoms with van der Waals surface area (Å²) in [5.41, 5.74) is 1.16. The van der Waals surface area contributed by atoms with E-state index in [1.165, 1.54) is 4.88 Å². The molecule has 0 unspecified atom stereocenters. The Labute approximate surface area is 134 Å². The topological polar surface area (TPSA) is 36.4 Å². The third-order valence-electron chi connectivity index (χ3n) is 4.36. The minimum atomic E-state index is 0.116. The van der Waals surface area contributed by atoms with Crippen molar-refractivity contribution in [2.24, 2.45) is 0 Å². The van der Waals surface area contributed by atoms with Gasteiger partial charge in [0.2, 0.25) is 0 Å². The lowest BCUT2D eigenvalue weighted by atomic mass is 10.1. The molecule has 0 N–H and O–H groups in total. The number of aromatic nitrogens is 1. The Kier molecular flexibility index (Phi) is 3.58. The average molecular weight is 313 g/mol. The molecule has 4 rings (SSSR count). The number of rotatable bonds is 2. The first kappa shape index (κ1) is 13.8. The van der Waals surface area contributed by atoms with Crippen molar-refractivity contribution in [3.8, 4) is 0 Å². The van der Waals surface area contributed by atoms with Gasteiger partial charge in [0, 0.05) is 30.2 Å². The second kappa shape index (κ2) is 5.72. The molecule has 4 nitrogen and oxygen atoms in total. The van der Waals surface area contributed by atoms with Gasteiger partial charge in [0.15, 0.2) is 5.01 Å². The van der Waals surface area contributed by atoms with Crippen molar-refractivity contribution in [2.45, 2.75) is 25.7 Å². The van der Waals surface area contributed by atoms with Crippen LogP contribution in [0.1, 0.15) is 33.9 Å². The average Bonchev–Trinajstić information content (AvgIpc) is 3.24. The molecule has 0 saturated carbocycles. The Balaban J connectivity index is 1.66. The summed E-state index contributed by atoms with van der Waals surface area (Å²) in [7, 11) is 0. The van der Waals surface area contributed by atoms with Crippen molar-refractivity contribution >= 4 is 28.7 Å². The van der Waals surface area contributed by atoms with Gasteiger partial charge in [-0.05, 0) is 37.8 Å². The Morgan fingerprint density at radius 3 is 2.59 bits per heavy atom. The van der Waals surface area contributed by atoms with Crippen LogP contribution in [0.3, 0.4) is 0 Å². The Hall–Kier alpha value is -1.88. The highest BCUT2D eigenvalue weighted by molar-refractivity contribution is 7.14. The Bertz CT molecular complexity index is 676. The molecular weight excluding hydrogens is 294 g/mol. The molecule has 22 heavy (non-hydrogen) atoms. The van der Waals surface area contributed by atoms with Gasteiger partial charge >= 0.3 is 0 Å².